The van der Waals surface area contributed by atoms with E-state index in [1.165, 1.54) is 16.7 Å². The number of anilines is 1. The van der Waals surface area contributed by atoms with E-state index in [9.17, 15) is 0 Å². The number of fused-ring (bicyclic) bond motifs is 1. The lowest BCUT2D eigenvalue weighted by molar-refractivity contribution is 0.434. The summed E-state index contributed by atoms with van der Waals surface area (Å²) in [5.41, 5.74) is 9.76. The standard InChI is InChI=1S/C14H18N4/c1-9-3-4-11(7-10(9)2)12-5-6-18-13(8-12)16-14(15)17-18/h3-4,7,12H,5-6,8H2,1-2H3,(H2,15,17). The first-order valence-corrected chi connectivity index (χ1v) is 6.40. The van der Waals surface area contributed by atoms with Crippen LogP contribution >= 0.6 is 0 Å². The minimum Gasteiger partial charge on any atom is -0.366 e. The Bertz CT molecular complexity index is 585. The average Bonchev–Trinajstić information content (AvgIpc) is 2.71. The van der Waals surface area contributed by atoms with Gasteiger partial charge in [0.1, 0.15) is 5.82 Å². The van der Waals surface area contributed by atoms with Crippen LogP contribution in [0.15, 0.2) is 18.2 Å². The minimum absolute atomic E-state index is 0.394. The van der Waals surface area contributed by atoms with Gasteiger partial charge in [-0.05, 0) is 42.9 Å². The van der Waals surface area contributed by atoms with Crippen molar-refractivity contribution in [3.63, 3.8) is 0 Å². The fourth-order valence-corrected chi connectivity index (χ4v) is 2.63. The van der Waals surface area contributed by atoms with E-state index in [2.05, 4.69) is 42.1 Å². The summed E-state index contributed by atoms with van der Waals surface area (Å²) in [6.07, 6.45) is 2.05. The molecule has 2 N–H and O–H groups in total. The Kier molecular flexibility index (Phi) is 2.58. The number of aromatic nitrogens is 3. The van der Waals surface area contributed by atoms with Crippen molar-refractivity contribution in [1.82, 2.24) is 14.8 Å². The molecule has 2 aromatic rings. The molecule has 0 spiro atoms. The third kappa shape index (κ3) is 1.88. The van der Waals surface area contributed by atoms with E-state index in [-0.39, 0.29) is 0 Å². The van der Waals surface area contributed by atoms with Crippen LogP contribution in [0.5, 0.6) is 0 Å². The van der Waals surface area contributed by atoms with E-state index < -0.39 is 0 Å². The van der Waals surface area contributed by atoms with Crippen molar-refractivity contribution < 1.29 is 0 Å². The van der Waals surface area contributed by atoms with Crippen LogP contribution < -0.4 is 5.73 Å². The highest BCUT2D eigenvalue weighted by Crippen LogP contribution is 2.29. The summed E-state index contributed by atoms with van der Waals surface area (Å²) < 4.78 is 1.94. The number of nitrogens with two attached hydrogens (primary N) is 1. The molecule has 1 aromatic heterocycles. The smallest absolute Gasteiger partial charge is 0.239 e. The van der Waals surface area contributed by atoms with E-state index in [4.69, 9.17) is 5.73 Å². The largest absolute Gasteiger partial charge is 0.366 e. The average molecular weight is 242 g/mol. The zero-order valence-corrected chi connectivity index (χ0v) is 10.8. The lowest BCUT2D eigenvalue weighted by Gasteiger charge is -2.23. The van der Waals surface area contributed by atoms with Crippen LogP contribution in [-0.4, -0.2) is 14.8 Å². The highest BCUT2D eigenvalue weighted by Gasteiger charge is 2.22. The maximum absolute atomic E-state index is 5.64. The second kappa shape index (κ2) is 4.12. The minimum atomic E-state index is 0.394. The van der Waals surface area contributed by atoms with Crippen molar-refractivity contribution >= 4 is 5.95 Å². The molecule has 2 heterocycles. The molecule has 1 aromatic carbocycles. The molecule has 0 saturated carbocycles. The van der Waals surface area contributed by atoms with E-state index in [1.54, 1.807) is 0 Å². The van der Waals surface area contributed by atoms with Gasteiger partial charge >= 0.3 is 0 Å². The van der Waals surface area contributed by atoms with E-state index in [1.807, 2.05) is 4.68 Å². The Morgan fingerprint density at radius 3 is 2.89 bits per heavy atom. The van der Waals surface area contributed by atoms with Crippen molar-refractivity contribution in [3.8, 4) is 0 Å². The Morgan fingerprint density at radius 2 is 2.11 bits per heavy atom. The second-order valence-electron chi connectivity index (χ2n) is 5.14. The predicted octanol–water partition coefficient (Wildman–Crippen LogP) is 2.21. The van der Waals surface area contributed by atoms with Crippen LogP contribution in [0.25, 0.3) is 0 Å². The van der Waals surface area contributed by atoms with Crippen LogP contribution in [0, 0.1) is 13.8 Å². The fourth-order valence-electron chi connectivity index (χ4n) is 2.63. The first-order chi connectivity index (χ1) is 8.63. The highest BCUT2D eigenvalue weighted by atomic mass is 15.4. The van der Waals surface area contributed by atoms with Crippen molar-refractivity contribution in [2.24, 2.45) is 0 Å². The second-order valence-corrected chi connectivity index (χ2v) is 5.14. The molecular weight excluding hydrogens is 224 g/mol. The summed E-state index contributed by atoms with van der Waals surface area (Å²) in [5.74, 6) is 1.95. The molecule has 3 rings (SSSR count). The first-order valence-electron chi connectivity index (χ1n) is 6.40. The zero-order chi connectivity index (χ0) is 12.7. The van der Waals surface area contributed by atoms with Gasteiger partial charge < -0.3 is 5.73 Å². The Balaban J connectivity index is 1.89. The molecule has 0 amide bonds. The van der Waals surface area contributed by atoms with Gasteiger partial charge in [-0.15, -0.1) is 5.10 Å². The zero-order valence-electron chi connectivity index (χ0n) is 10.8. The van der Waals surface area contributed by atoms with Gasteiger partial charge in [-0.25, -0.2) is 4.68 Å². The van der Waals surface area contributed by atoms with Gasteiger partial charge in [0.05, 0.1) is 0 Å². The molecule has 0 radical (unpaired) electrons. The monoisotopic (exact) mass is 242 g/mol. The summed E-state index contributed by atoms with van der Waals surface area (Å²) in [7, 11) is 0. The van der Waals surface area contributed by atoms with E-state index >= 15 is 0 Å². The number of aryl methyl sites for hydroxylation is 3. The Labute approximate surface area is 107 Å². The van der Waals surface area contributed by atoms with Crippen molar-refractivity contribution in [1.29, 1.82) is 0 Å². The van der Waals surface area contributed by atoms with Crippen LogP contribution in [0.4, 0.5) is 5.95 Å². The SMILES string of the molecule is Cc1ccc(C2CCn3nc(N)nc3C2)cc1C. The van der Waals surface area contributed by atoms with Gasteiger partial charge in [0, 0.05) is 13.0 Å². The van der Waals surface area contributed by atoms with Gasteiger partial charge in [0.15, 0.2) is 0 Å². The lowest BCUT2D eigenvalue weighted by atomic mass is 9.88. The third-order valence-corrected chi connectivity index (χ3v) is 3.89. The molecule has 1 aliphatic rings. The van der Waals surface area contributed by atoms with Gasteiger partial charge in [0.25, 0.3) is 0 Å². The molecule has 0 fully saturated rings. The maximum Gasteiger partial charge on any atom is 0.239 e. The number of nitrogens with zero attached hydrogens (tertiary/aromatic N) is 3. The molecule has 94 valence electrons. The van der Waals surface area contributed by atoms with Gasteiger partial charge in [-0.1, -0.05) is 18.2 Å². The lowest BCUT2D eigenvalue weighted by Crippen LogP contribution is -2.19. The van der Waals surface area contributed by atoms with E-state index in [0.717, 1.165) is 25.2 Å². The van der Waals surface area contributed by atoms with Crippen LogP contribution in [0.3, 0.4) is 0 Å². The number of nitrogen functional groups attached to an aromatic ring is 1. The van der Waals surface area contributed by atoms with Crippen LogP contribution in [0.1, 0.15) is 34.9 Å². The first kappa shape index (κ1) is 11.3. The number of rotatable bonds is 1. The number of hydrogen-bond acceptors (Lipinski definition) is 3. The van der Waals surface area contributed by atoms with E-state index in [0.29, 0.717) is 11.9 Å². The van der Waals surface area contributed by atoms with Gasteiger partial charge in [-0.2, -0.15) is 4.98 Å². The Morgan fingerprint density at radius 1 is 1.28 bits per heavy atom. The molecule has 1 atom stereocenters. The topological polar surface area (TPSA) is 56.7 Å². The van der Waals surface area contributed by atoms with Gasteiger partial charge in [0.2, 0.25) is 5.95 Å². The summed E-state index contributed by atoms with van der Waals surface area (Å²) in [5, 5.41) is 4.19. The molecule has 18 heavy (non-hydrogen) atoms. The van der Waals surface area contributed by atoms with Crippen molar-refractivity contribution in [2.75, 3.05) is 5.73 Å². The molecule has 4 nitrogen and oxygen atoms in total. The number of benzene rings is 1. The van der Waals surface area contributed by atoms with Crippen LogP contribution in [-0.2, 0) is 13.0 Å². The Hall–Kier alpha value is -1.84. The third-order valence-electron chi connectivity index (χ3n) is 3.89. The summed E-state index contributed by atoms with van der Waals surface area (Å²) in [4.78, 5) is 4.30. The van der Waals surface area contributed by atoms with Crippen molar-refractivity contribution in [2.45, 2.75) is 39.2 Å². The van der Waals surface area contributed by atoms with Crippen molar-refractivity contribution in [3.05, 3.63) is 40.7 Å². The quantitative estimate of drug-likeness (QED) is 0.834. The molecular formula is C14H18N4. The fraction of sp³-hybridized carbons (Fsp3) is 0.429. The molecule has 1 unspecified atom stereocenters. The molecule has 0 saturated heterocycles. The number of hydrogen-bond donors (Lipinski definition) is 1. The molecule has 1 aliphatic heterocycles. The summed E-state index contributed by atoms with van der Waals surface area (Å²) in [6.45, 7) is 5.23. The normalized spacial score (nSPS) is 18.7. The highest BCUT2D eigenvalue weighted by molar-refractivity contribution is 5.33. The summed E-state index contributed by atoms with van der Waals surface area (Å²) >= 11 is 0. The van der Waals surface area contributed by atoms with Crippen LogP contribution in [0.2, 0.25) is 0 Å². The maximum atomic E-state index is 5.64. The predicted molar refractivity (Wildman–Crippen MR) is 71.4 cm³/mol. The molecule has 0 bridgehead atoms. The molecule has 4 heteroatoms. The summed E-state index contributed by atoms with van der Waals surface area (Å²) in [6, 6.07) is 6.75. The van der Waals surface area contributed by atoms with Gasteiger partial charge in [-0.3, -0.25) is 0 Å². The molecule has 0 aliphatic carbocycles.